The van der Waals surface area contributed by atoms with Gasteiger partial charge in [0.2, 0.25) is 10.0 Å². The molecule has 1 amide bonds. The van der Waals surface area contributed by atoms with Crippen molar-refractivity contribution < 1.29 is 31.1 Å². The normalized spacial score (nSPS) is 12.3. The van der Waals surface area contributed by atoms with E-state index in [0.29, 0.717) is 5.56 Å². The summed E-state index contributed by atoms with van der Waals surface area (Å²) in [6, 6.07) is 6.15. The Morgan fingerprint density at radius 2 is 1.94 bits per heavy atom. The summed E-state index contributed by atoms with van der Waals surface area (Å²) in [7, 11) is -2.42. The maximum absolute atomic E-state index is 13.0. The van der Waals surface area contributed by atoms with Gasteiger partial charge in [0, 0.05) is 25.4 Å². The fraction of sp³-hybridized carbons (Fsp3) is 0.316. The van der Waals surface area contributed by atoms with Crippen LogP contribution in [0.4, 0.5) is 13.2 Å². The SMILES string of the molecule is COCCNS(=O)(=O)c1ccc(C)c(C(=O)NCc2nnc3ccc(C(F)(F)F)cn23)c1. The monoisotopic (exact) mass is 471 g/mol. The first-order chi connectivity index (χ1) is 15.0. The maximum atomic E-state index is 13.0. The molecule has 0 spiro atoms. The van der Waals surface area contributed by atoms with Gasteiger partial charge in [-0.2, -0.15) is 13.2 Å². The highest BCUT2D eigenvalue weighted by atomic mass is 32.2. The molecule has 0 bridgehead atoms. The van der Waals surface area contributed by atoms with E-state index >= 15 is 0 Å². The van der Waals surface area contributed by atoms with E-state index < -0.39 is 27.7 Å². The molecule has 2 aromatic heterocycles. The highest BCUT2D eigenvalue weighted by molar-refractivity contribution is 7.89. The Kier molecular flexibility index (Phi) is 6.81. The lowest BCUT2D eigenvalue weighted by atomic mass is 10.1. The minimum atomic E-state index is -4.54. The molecular weight excluding hydrogens is 451 g/mol. The lowest BCUT2D eigenvalue weighted by Gasteiger charge is -2.11. The Labute approximate surface area is 181 Å². The number of pyridine rings is 1. The van der Waals surface area contributed by atoms with Gasteiger partial charge in [-0.05, 0) is 36.8 Å². The average molecular weight is 471 g/mol. The fourth-order valence-electron chi connectivity index (χ4n) is 2.86. The molecule has 0 aliphatic heterocycles. The molecule has 3 rings (SSSR count). The zero-order valence-electron chi connectivity index (χ0n) is 17.1. The van der Waals surface area contributed by atoms with Gasteiger partial charge >= 0.3 is 6.18 Å². The first-order valence-electron chi connectivity index (χ1n) is 9.31. The Morgan fingerprint density at radius 1 is 1.19 bits per heavy atom. The first-order valence-corrected chi connectivity index (χ1v) is 10.8. The molecule has 0 aliphatic carbocycles. The van der Waals surface area contributed by atoms with Crippen LogP contribution in [0.15, 0.2) is 41.4 Å². The molecule has 3 aromatic rings. The van der Waals surface area contributed by atoms with E-state index in [1.807, 2.05) is 0 Å². The highest BCUT2D eigenvalue weighted by Crippen LogP contribution is 2.29. The molecular formula is C19H20F3N5O4S. The number of aromatic nitrogens is 3. The zero-order chi connectivity index (χ0) is 23.5. The number of alkyl halides is 3. The van der Waals surface area contributed by atoms with Gasteiger partial charge in [0.05, 0.1) is 23.6 Å². The number of fused-ring (bicyclic) bond motifs is 1. The number of amides is 1. The summed E-state index contributed by atoms with van der Waals surface area (Å²) < 4.78 is 72.0. The molecule has 0 radical (unpaired) electrons. The minimum Gasteiger partial charge on any atom is -0.383 e. The standard InChI is InChI=1S/C19H20F3N5O4S/c1-12-3-5-14(32(29,30)24-7-8-31-2)9-15(12)18(28)23-10-17-26-25-16-6-4-13(11-27(16)17)19(20,21)22/h3-6,9,11,24H,7-8,10H2,1-2H3,(H,23,28). The number of hydrogen-bond donors (Lipinski definition) is 2. The number of nitrogens with zero attached hydrogens (tertiary/aromatic N) is 3. The van der Waals surface area contributed by atoms with Gasteiger partial charge in [-0.1, -0.05) is 6.07 Å². The van der Waals surface area contributed by atoms with Crippen LogP contribution >= 0.6 is 0 Å². The van der Waals surface area contributed by atoms with Crippen molar-refractivity contribution in [2.75, 3.05) is 20.3 Å². The van der Waals surface area contributed by atoms with Crippen molar-refractivity contribution in [2.24, 2.45) is 0 Å². The van der Waals surface area contributed by atoms with E-state index in [1.165, 1.54) is 31.4 Å². The number of carbonyl (C=O) groups is 1. The van der Waals surface area contributed by atoms with Crippen LogP contribution in [0.1, 0.15) is 27.3 Å². The lowest BCUT2D eigenvalue weighted by Crippen LogP contribution is -2.28. The summed E-state index contributed by atoms with van der Waals surface area (Å²) in [4.78, 5) is 12.6. The molecule has 2 N–H and O–H groups in total. The van der Waals surface area contributed by atoms with Gasteiger partial charge in [-0.25, -0.2) is 13.1 Å². The van der Waals surface area contributed by atoms with Crippen LogP contribution < -0.4 is 10.0 Å². The smallest absolute Gasteiger partial charge is 0.383 e. The third kappa shape index (κ3) is 5.23. The van der Waals surface area contributed by atoms with E-state index in [2.05, 4.69) is 20.2 Å². The zero-order valence-corrected chi connectivity index (χ0v) is 17.9. The minimum absolute atomic E-state index is 0.0636. The van der Waals surface area contributed by atoms with Gasteiger partial charge in [-0.15, -0.1) is 10.2 Å². The van der Waals surface area contributed by atoms with Crippen molar-refractivity contribution in [3.63, 3.8) is 0 Å². The van der Waals surface area contributed by atoms with Gasteiger partial charge < -0.3 is 10.1 Å². The molecule has 0 unspecified atom stereocenters. The largest absolute Gasteiger partial charge is 0.417 e. The van der Waals surface area contributed by atoms with E-state index in [-0.39, 0.29) is 41.6 Å². The van der Waals surface area contributed by atoms with Gasteiger partial charge in [-0.3, -0.25) is 9.20 Å². The Hall–Kier alpha value is -3.03. The number of hydrogen-bond acceptors (Lipinski definition) is 6. The summed E-state index contributed by atoms with van der Waals surface area (Å²) in [6.07, 6.45) is -3.69. The van der Waals surface area contributed by atoms with Crippen LogP contribution in [0, 0.1) is 6.92 Å². The quantitative estimate of drug-likeness (QED) is 0.485. The van der Waals surface area contributed by atoms with Crippen molar-refractivity contribution >= 4 is 21.6 Å². The summed E-state index contributed by atoms with van der Waals surface area (Å²) >= 11 is 0. The molecule has 9 nitrogen and oxygen atoms in total. The summed E-state index contributed by atoms with van der Waals surface area (Å²) in [5.74, 6) is -0.526. The summed E-state index contributed by atoms with van der Waals surface area (Å²) in [5, 5.41) is 10.2. The second-order valence-electron chi connectivity index (χ2n) is 6.81. The number of rotatable bonds is 8. The van der Waals surface area contributed by atoms with Crippen molar-refractivity contribution in [2.45, 2.75) is 24.5 Å². The number of ether oxygens (including phenoxy) is 1. The number of sulfonamides is 1. The fourth-order valence-corrected chi connectivity index (χ4v) is 3.89. The van der Waals surface area contributed by atoms with Crippen LogP contribution in [0.2, 0.25) is 0 Å². The molecule has 1 aromatic carbocycles. The number of benzene rings is 1. The van der Waals surface area contributed by atoms with Gasteiger partial charge in [0.15, 0.2) is 11.5 Å². The lowest BCUT2D eigenvalue weighted by molar-refractivity contribution is -0.137. The molecule has 13 heteroatoms. The van der Waals surface area contributed by atoms with Crippen molar-refractivity contribution in [1.82, 2.24) is 24.6 Å². The van der Waals surface area contributed by atoms with Crippen molar-refractivity contribution in [1.29, 1.82) is 0 Å². The maximum Gasteiger partial charge on any atom is 0.417 e. The van der Waals surface area contributed by atoms with Crippen LogP contribution in [-0.4, -0.2) is 49.2 Å². The molecule has 172 valence electrons. The number of nitrogens with one attached hydrogen (secondary N) is 2. The second kappa shape index (κ2) is 9.22. The Bertz CT molecular complexity index is 1240. The Morgan fingerprint density at radius 3 is 2.62 bits per heavy atom. The predicted molar refractivity (Wildman–Crippen MR) is 107 cm³/mol. The summed E-state index contributed by atoms with van der Waals surface area (Å²) in [5.41, 5.74) is -0.0750. The molecule has 0 saturated heterocycles. The number of carbonyl (C=O) groups excluding carboxylic acids is 1. The second-order valence-corrected chi connectivity index (χ2v) is 8.58. The summed E-state index contributed by atoms with van der Waals surface area (Å²) in [6.45, 7) is 1.66. The number of halogens is 3. The van der Waals surface area contributed by atoms with E-state index in [0.717, 1.165) is 16.7 Å². The van der Waals surface area contributed by atoms with E-state index in [4.69, 9.17) is 4.74 Å². The van der Waals surface area contributed by atoms with Crippen molar-refractivity contribution in [3.8, 4) is 0 Å². The van der Waals surface area contributed by atoms with Gasteiger partial charge in [0.25, 0.3) is 5.91 Å². The van der Waals surface area contributed by atoms with E-state index in [1.54, 1.807) is 6.92 Å². The molecule has 2 heterocycles. The third-order valence-electron chi connectivity index (χ3n) is 4.57. The first kappa shape index (κ1) is 23.6. The molecule has 32 heavy (non-hydrogen) atoms. The number of aryl methyl sites for hydroxylation is 1. The highest BCUT2D eigenvalue weighted by Gasteiger charge is 2.31. The Balaban J connectivity index is 1.79. The molecule has 0 fully saturated rings. The van der Waals surface area contributed by atoms with Crippen LogP contribution in [-0.2, 0) is 27.5 Å². The topological polar surface area (TPSA) is 115 Å². The van der Waals surface area contributed by atoms with Crippen LogP contribution in [0.3, 0.4) is 0 Å². The van der Waals surface area contributed by atoms with E-state index in [9.17, 15) is 26.4 Å². The van der Waals surface area contributed by atoms with Crippen molar-refractivity contribution in [3.05, 3.63) is 59.0 Å². The predicted octanol–water partition coefficient (Wildman–Crippen LogP) is 1.91. The van der Waals surface area contributed by atoms with Gasteiger partial charge in [0.1, 0.15) is 0 Å². The molecule has 0 saturated carbocycles. The molecule has 0 aliphatic rings. The number of methoxy groups -OCH3 is 1. The third-order valence-corrected chi connectivity index (χ3v) is 6.03. The molecule has 0 atom stereocenters. The van der Waals surface area contributed by atoms with Crippen LogP contribution in [0.25, 0.3) is 5.65 Å². The average Bonchev–Trinajstić information content (AvgIpc) is 3.14. The van der Waals surface area contributed by atoms with Crippen LogP contribution in [0.5, 0.6) is 0 Å².